The highest BCUT2D eigenvalue weighted by Crippen LogP contribution is 2.20. The van der Waals surface area contributed by atoms with Gasteiger partial charge in [0.1, 0.15) is 11.6 Å². The van der Waals surface area contributed by atoms with Crippen LogP contribution in [0.2, 0.25) is 5.28 Å². The van der Waals surface area contributed by atoms with Crippen molar-refractivity contribution in [1.29, 1.82) is 0 Å². The summed E-state index contributed by atoms with van der Waals surface area (Å²) in [5.41, 5.74) is 0.826. The van der Waals surface area contributed by atoms with Crippen molar-refractivity contribution < 1.29 is 4.39 Å². The molecule has 0 aliphatic rings. The predicted octanol–water partition coefficient (Wildman–Crippen LogP) is 3.64. The van der Waals surface area contributed by atoms with E-state index >= 15 is 0 Å². The maximum absolute atomic E-state index is 13.0. The van der Waals surface area contributed by atoms with Gasteiger partial charge in [-0.1, -0.05) is 12.1 Å². The summed E-state index contributed by atoms with van der Waals surface area (Å²) >= 11 is 8.98. The van der Waals surface area contributed by atoms with E-state index in [0.717, 1.165) is 5.56 Å². The van der Waals surface area contributed by atoms with E-state index in [2.05, 4.69) is 31.2 Å². The third-order valence-electron chi connectivity index (χ3n) is 2.06. The molecule has 0 amide bonds. The highest BCUT2D eigenvalue weighted by molar-refractivity contribution is 9.10. The molecule has 2 aromatic rings. The number of aromatic nitrogens is 2. The number of anilines is 1. The number of benzene rings is 1. The van der Waals surface area contributed by atoms with Crippen LogP contribution in [0.4, 0.5) is 10.2 Å². The predicted molar refractivity (Wildman–Crippen MR) is 68.5 cm³/mol. The largest absolute Gasteiger partial charge is 0.365 e. The van der Waals surface area contributed by atoms with E-state index in [0.29, 0.717) is 16.8 Å². The number of halogens is 3. The molecule has 0 radical (unpaired) electrons. The molecule has 3 nitrogen and oxygen atoms in total. The van der Waals surface area contributed by atoms with Gasteiger partial charge in [-0.05, 0) is 45.2 Å². The van der Waals surface area contributed by atoms with Crippen LogP contribution in [0.15, 0.2) is 34.9 Å². The molecule has 0 saturated heterocycles. The molecule has 0 saturated carbocycles. The first-order valence-corrected chi connectivity index (χ1v) is 5.98. The summed E-state index contributed by atoms with van der Waals surface area (Å²) in [5.74, 6) is 0.318. The maximum Gasteiger partial charge on any atom is 0.224 e. The van der Waals surface area contributed by atoms with Crippen molar-refractivity contribution in [2.45, 2.75) is 6.54 Å². The van der Waals surface area contributed by atoms with Gasteiger partial charge in [0.05, 0.1) is 4.47 Å². The molecule has 0 atom stereocenters. The lowest BCUT2D eigenvalue weighted by molar-refractivity contribution is 0.626. The van der Waals surface area contributed by atoms with Crippen molar-refractivity contribution in [3.63, 3.8) is 0 Å². The monoisotopic (exact) mass is 315 g/mol. The minimum absolute atomic E-state index is 0.162. The van der Waals surface area contributed by atoms with Gasteiger partial charge in [0.2, 0.25) is 5.28 Å². The lowest BCUT2D eigenvalue weighted by atomic mass is 10.2. The zero-order valence-corrected chi connectivity index (χ0v) is 11.0. The lowest BCUT2D eigenvalue weighted by Crippen LogP contribution is -2.03. The van der Waals surface area contributed by atoms with Gasteiger partial charge in [-0.2, -0.15) is 4.98 Å². The van der Waals surface area contributed by atoms with E-state index in [4.69, 9.17) is 11.6 Å². The summed E-state index contributed by atoms with van der Waals surface area (Å²) in [7, 11) is 0. The van der Waals surface area contributed by atoms with Crippen molar-refractivity contribution in [3.8, 4) is 0 Å². The zero-order valence-electron chi connectivity index (χ0n) is 8.62. The van der Waals surface area contributed by atoms with Gasteiger partial charge >= 0.3 is 0 Å². The van der Waals surface area contributed by atoms with Crippen molar-refractivity contribution in [1.82, 2.24) is 9.97 Å². The van der Waals surface area contributed by atoms with E-state index in [1.54, 1.807) is 12.3 Å². The third-order valence-corrected chi connectivity index (χ3v) is 2.83. The molecule has 17 heavy (non-hydrogen) atoms. The highest BCUT2D eigenvalue weighted by Gasteiger charge is 2.03. The molecule has 1 heterocycles. The molecule has 1 aromatic heterocycles. The molecule has 0 aliphatic heterocycles. The van der Waals surface area contributed by atoms with Crippen molar-refractivity contribution in [2.75, 3.05) is 5.32 Å². The Morgan fingerprint density at radius 1 is 1.41 bits per heavy atom. The fourth-order valence-corrected chi connectivity index (χ4v) is 1.77. The maximum atomic E-state index is 13.0. The number of nitrogens with one attached hydrogen (secondary N) is 1. The van der Waals surface area contributed by atoms with Crippen molar-refractivity contribution in [2.24, 2.45) is 0 Å². The first-order valence-electron chi connectivity index (χ1n) is 4.81. The molecule has 0 aliphatic carbocycles. The zero-order chi connectivity index (χ0) is 12.3. The van der Waals surface area contributed by atoms with Crippen LogP contribution in [0.5, 0.6) is 0 Å². The SMILES string of the molecule is Fc1cccc(CNc2nc(Cl)ncc2Br)c1. The first-order chi connectivity index (χ1) is 8.15. The fourth-order valence-electron chi connectivity index (χ4n) is 1.30. The Balaban J connectivity index is 2.09. The molecule has 88 valence electrons. The van der Waals surface area contributed by atoms with Gasteiger partial charge in [0.25, 0.3) is 0 Å². The summed E-state index contributed by atoms with van der Waals surface area (Å²) in [4.78, 5) is 7.83. The summed E-state index contributed by atoms with van der Waals surface area (Å²) in [6.07, 6.45) is 1.56. The van der Waals surface area contributed by atoms with E-state index in [1.807, 2.05) is 6.07 Å². The minimum atomic E-state index is -0.260. The lowest BCUT2D eigenvalue weighted by Gasteiger charge is -2.07. The molecule has 0 unspecified atom stereocenters. The molecule has 2 rings (SSSR count). The normalized spacial score (nSPS) is 10.3. The second-order valence-electron chi connectivity index (χ2n) is 3.32. The standard InChI is InChI=1S/C11H8BrClFN3/c12-9-6-16-11(13)17-10(9)15-5-7-2-1-3-8(14)4-7/h1-4,6H,5H2,(H,15,16,17). The number of rotatable bonds is 3. The van der Waals surface area contributed by atoms with Gasteiger partial charge in [-0.3, -0.25) is 0 Å². The second kappa shape index (κ2) is 5.42. The van der Waals surface area contributed by atoms with Crippen LogP contribution in [-0.2, 0) is 6.54 Å². The molecule has 0 fully saturated rings. The van der Waals surface area contributed by atoms with E-state index in [1.165, 1.54) is 12.1 Å². The minimum Gasteiger partial charge on any atom is -0.365 e. The Hall–Kier alpha value is -1.20. The van der Waals surface area contributed by atoms with Crippen LogP contribution >= 0.6 is 27.5 Å². The molecule has 0 spiro atoms. The van der Waals surface area contributed by atoms with Crippen molar-refractivity contribution in [3.05, 3.63) is 51.6 Å². The van der Waals surface area contributed by atoms with Crippen LogP contribution in [0.25, 0.3) is 0 Å². The summed E-state index contributed by atoms with van der Waals surface area (Å²) in [6, 6.07) is 6.35. The summed E-state index contributed by atoms with van der Waals surface area (Å²) in [6.45, 7) is 0.462. The average Bonchev–Trinajstić information content (AvgIpc) is 2.30. The third kappa shape index (κ3) is 3.38. The number of hydrogen-bond donors (Lipinski definition) is 1. The molecular formula is C11H8BrClFN3. The summed E-state index contributed by atoms with van der Waals surface area (Å²) < 4.78 is 13.7. The highest BCUT2D eigenvalue weighted by atomic mass is 79.9. The molecular weight excluding hydrogens is 308 g/mol. The topological polar surface area (TPSA) is 37.8 Å². The Labute approximate surface area is 111 Å². The fraction of sp³-hybridized carbons (Fsp3) is 0.0909. The van der Waals surface area contributed by atoms with Crippen LogP contribution in [0.1, 0.15) is 5.56 Å². The Morgan fingerprint density at radius 3 is 3.00 bits per heavy atom. The van der Waals surface area contributed by atoms with E-state index < -0.39 is 0 Å². The van der Waals surface area contributed by atoms with Gasteiger partial charge in [-0.25, -0.2) is 9.37 Å². The van der Waals surface area contributed by atoms with Crippen LogP contribution < -0.4 is 5.32 Å². The quantitative estimate of drug-likeness (QED) is 0.879. The van der Waals surface area contributed by atoms with Crippen LogP contribution in [0.3, 0.4) is 0 Å². The molecule has 0 bridgehead atoms. The second-order valence-corrected chi connectivity index (χ2v) is 4.51. The Kier molecular flexibility index (Phi) is 3.91. The molecule has 1 N–H and O–H groups in total. The van der Waals surface area contributed by atoms with Gasteiger partial charge in [0, 0.05) is 12.7 Å². The summed E-state index contributed by atoms with van der Waals surface area (Å²) in [5, 5.41) is 3.21. The number of hydrogen-bond acceptors (Lipinski definition) is 3. The van der Waals surface area contributed by atoms with Gasteiger partial charge in [0.15, 0.2) is 0 Å². The molecule has 6 heteroatoms. The first kappa shape index (κ1) is 12.3. The van der Waals surface area contributed by atoms with Crippen LogP contribution in [0, 0.1) is 5.82 Å². The Morgan fingerprint density at radius 2 is 2.24 bits per heavy atom. The van der Waals surface area contributed by atoms with E-state index in [-0.39, 0.29) is 11.1 Å². The van der Waals surface area contributed by atoms with Crippen LogP contribution in [-0.4, -0.2) is 9.97 Å². The Bertz CT molecular complexity index is 536. The van der Waals surface area contributed by atoms with E-state index in [9.17, 15) is 4.39 Å². The van der Waals surface area contributed by atoms with Crippen molar-refractivity contribution >= 4 is 33.3 Å². The van der Waals surface area contributed by atoms with Gasteiger partial charge in [-0.15, -0.1) is 0 Å². The molecule has 1 aromatic carbocycles. The average molecular weight is 317 g/mol. The number of nitrogens with zero attached hydrogens (tertiary/aromatic N) is 2. The van der Waals surface area contributed by atoms with Gasteiger partial charge < -0.3 is 5.32 Å². The smallest absolute Gasteiger partial charge is 0.224 e.